The fourth-order valence-electron chi connectivity index (χ4n) is 2.39. The van der Waals surface area contributed by atoms with E-state index in [0.29, 0.717) is 5.92 Å². The van der Waals surface area contributed by atoms with Gasteiger partial charge in [0.25, 0.3) is 0 Å². The number of benzene rings is 1. The van der Waals surface area contributed by atoms with Crippen molar-refractivity contribution in [3.05, 3.63) is 35.4 Å². The lowest BCUT2D eigenvalue weighted by atomic mass is 9.89. The van der Waals surface area contributed by atoms with Crippen molar-refractivity contribution in [1.29, 1.82) is 0 Å². The molecule has 3 heteroatoms. The number of amides is 1. The highest BCUT2D eigenvalue weighted by Crippen LogP contribution is 2.28. The molecule has 0 aromatic heterocycles. The van der Waals surface area contributed by atoms with Crippen molar-refractivity contribution in [2.75, 3.05) is 19.0 Å². The zero-order valence-electron chi connectivity index (χ0n) is 10.2. The van der Waals surface area contributed by atoms with Gasteiger partial charge in [-0.15, -0.1) is 11.6 Å². The number of hydrogen-bond donors (Lipinski definition) is 0. The van der Waals surface area contributed by atoms with Crippen molar-refractivity contribution >= 4 is 17.5 Å². The average Bonchev–Trinajstić information content (AvgIpc) is 2.39. The van der Waals surface area contributed by atoms with E-state index in [0.717, 1.165) is 25.9 Å². The van der Waals surface area contributed by atoms with E-state index >= 15 is 0 Å². The van der Waals surface area contributed by atoms with Crippen LogP contribution in [0.3, 0.4) is 0 Å². The molecule has 1 aromatic rings. The van der Waals surface area contributed by atoms with Crippen LogP contribution in [0.2, 0.25) is 0 Å². The van der Waals surface area contributed by atoms with Gasteiger partial charge in [0.15, 0.2) is 0 Å². The molecule has 1 saturated heterocycles. The molecule has 1 fully saturated rings. The van der Waals surface area contributed by atoms with E-state index in [-0.39, 0.29) is 11.8 Å². The third-order valence-electron chi connectivity index (χ3n) is 3.51. The van der Waals surface area contributed by atoms with Crippen LogP contribution in [0.25, 0.3) is 0 Å². The molecule has 1 amide bonds. The molecule has 92 valence electrons. The molecule has 0 unspecified atom stereocenters. The van der Waals surface area contributed by atoms with Gasteiger partial charge in [-0.2, -0.15) is 0 Å². The van der Waals surface area contributed by atoms with E-state index in [9.17, 15) is 4.79 Å². The summed E-state index contributed by atoms with van der Waals surface area (Å²) in [6.45, 7) is 3.78. The van der Waals surface area contributed by atoms with Crippen LogP contribution in [0.5, 0.6) is 0 Å². The van der Waals surface area contributed by atoms with Gasteiger partial charge in [0.1, 0.15) is 5.88 Å². The van der Waals surface area contributed by atoms with E-state index in [1.165, 1.54) is 11.1 Å². The number of halogens is 1. The third kappa shape index (κ3) is 3.01. The Balaban J connectivity index is 1.95. The minimum Gasteiger partial charge on any atom is -0.342 e. The highest BCUT2D eigenvalue weighted by atomic mass is 35.5. The summed E-state index contributed by atoms with van der Waals surface area (Å²) in [5.74, 6) is 0.763. The first kappa shape index (κ1) is 12.4. The molecular weight excluding hydrogens is 234 g/mol. The smallest absolute Gasteiger partial charge is 0.237 e. The van der Waals surface area contributed by atoms with Gasteiger partial charge in [0, 0.05) is 13.1 Å². The second kappa shape index (κ2) is 5.54. The van der Waals surface area contributed by atoms with Crippen molar-refractivity contribution < 1.29 is 4.79 Å². The summed E-state index contributed by atoms with van der Waals surface area (Å²) < 4.78 is 0. The van der Waals surface area contributed by atoms with Crippen molar-refractivity contribution in [3.63, 3.8) is 0 Å². The molecule has 0 N–H and O–H groups in total. The Morgan fingerprint density at radius 3 is 2.41 bits per heavy atom. The number of carbonyl (C=O) groups is 1. The molecule has 0 aliphatic carbocycles. The number of aryl methyl sites for hydroxylation is 1. The monoisotopic (exact) mass is 251 g/mol. The summed E-state index contributed by atoms with van der Waals surface area (Å²) in [6.07, 6.45) is 2.09. The van der Waals surface area contributed by atoms with Gasteiger partial charge in [0.05, 0.1) is 0 Å². The van der Waals surface area contributed by atoms with Crippen molar-refractivity contribution in [1.82, 2.24) is 4.90 Å². The molecule has 1 aromatic carbocycles. The third-order valence-corrected chi connectivity index (χ3v) is 3.74. The van der Waals surface area contributed by atoms with E-state index in [1.54, 1.807) is 0 Å². The molecule has 0 spiro atoms. The zero-order valence-corrected chi connectivity index (χ0v) is 10.9. The van der Waals surface area contributed by atoms with Crippen LogP contribution >= 0.6 is 11.6 Å². The minimum absolute atomic E-state index is 0.0639. The summed E-state index contributed by atoms with van der Waals surface area (Å²) >= 11 is 5.56. The molecule has 17 heavy (non-hydrogen) atoms. The maximum absolute atomic E-state index is 11.4. The summed E-state index contributed by atoms with van der Waals surface area (Å²) in [5.41, 5.74) is 2.69. The SMILES string of the molecule is Cc1ccc(C2CCN(C(=O)CCl)CC2)cc1. The lowest BCUT2D eigenvalue weighted by molar-refractivity contribution is -0.129. The van der Waals surface area contributed by atoms with Gasteiger partial charge in [-0.05, 0) is 31.2 Å². The fourth-order valence-corrected chi connectivity index (χ4v) is 2.55. The molecule has 0 radical (unpaired) electrons. The molecule has 1 aliphatic rings. The molecule has 2 rings (SSSR count). The number of nitrogens with zero attached hydrogens (tertiary/aromatic N) is 1. The Morgan fingerprint density at radius 1 is 1.29 bits per heavy atom. The predicted molar refractivity (Wildman–Crippen MR) is 70.5 cm³/mol. The summed E-state index contributed by atoms with van der Waals surface area (Å²) in [7, 11) is 0. The largest absolute Gasteiger partial charge is 0.342 e. The highest BCUT2D eigenvalue weighted by Gasteiger charge is 2.22. The number of likely N-dealkylation sites (tertiary alicyclic amines) is 1. The molecule has 0 bridgehead atoms. The first-order valence-electron chi connectivity index (χ1n) is 6.11. The van der Waals surface area contributed by atoms with Crippen LogP contribution in [0.15, 0.2) is 24.3 Å². The lowest BCUT2D eigenvalue weighted by Gasteiger charge is -2.31. The average molecular weight is 252 g/mol. The summed E-state index contributed by atoms with van der Waals surface area (Å²) in [5, 5.41) is 0. The van der Waals surface area contributed by atoms with Crippen LogP contribution in [0.1, 0.15) is 29.9 Å². The van der Waals surface area contributed by atoms with Crippen LogP contribution in [-0.2, 0) is 4.79 Å². The maximum atomic E-state index is 11.4. The normalized spacial score (nSPS) is 17.2. The van der Waals surface area contributed by atoms with Gasteiger partial charge in [-0.1, -0.05) is 29.8 Å². The Bertz CT molecular complexity index is 380. The van der Waals surface area contributed by atoms with Gasteiger partial charge >= 0.3 is 0 Å². The lowest BCUT2D eigenvalue weighted by Crippen LogP contribution is -2.38. The number of rotatable bonds is 2. The van der Waals surface area contributed by atoms with E-state index < -0.39 is 0 Å². The van der Waals surface area contributed by atoms with E-state index in [2.05, 4.69) is 31.2 Å². The van der Waals surface area contributed by atoms with Crippen LogP contribution in [0.4, 0.5) is 0 Å². The fraction of sp³-hybridized carbons (Fsp3) is 0.500. The van der Waals surface area contributed by atoms with E-state index in [4.69, 9.17) is 11.6 Å². The number of piperidine rings is 1. The molecule has 0 atom stereocenters. The molecule has 2 nitrogen and oxygen atoms in total. The quantitative estimate of drug-likeness (QED) is 0.740. The Labute approximate surface area is 108 Å². The van der Waals surface area contributed by atoms with Crippen molar-refractivity contribution in [3.8, 4) is 0 Å². The van der Waals surface area contributed by atoms with Gasteiger partial charge < -0.3 is 4.90 Å². The molecule has 1 heterocycles. The van der Waals surface area contributed by atoms with Gasteiger partial charge in [0.2, 0.25) is 5.91 Å². The Kier molecular flexibility index (Phi) is 4.06. The second-order valence-corrected chi connectivity index (χ2v) is 4.97. The van der Waals surface area contributed by atoms with Crippen molar-refractivity contribution in [2.24, 2.45) is 0 Å². The summed E-state index contributed by atoms with van der Waals surface area (Å²) in [4.78, 5) is 13.3. The predicted octanol–water partition coefficient (Wildman–Crippen LogP) is 2.94. The molecular formula is C14H18ClNO. The Hall–Kier alpha value is -1.02. The second-order valence-electron chi connectivity index (χ2n) is 4.70. The summed E-state index contributed by atoms with van der Waals surface area (Å²) in [6, 6.07) is 8.73. The Morgan fingerprint density at radius 2 is 1.88 bits per heavy atom. The minimum atomic E-state index is 0.0639. The molecule has 0 saturated carbocycles. The van der Waals surface area contributed by atoms with Gasteiger partial charge in [-0.3, -0.25) is 4.79 Å². The number of hydrogen-bond acceptors (Lipinski definition) is 1. The highest BCUT2D eigenvalue weighted by molar-refractivity contribution is 6.27. The zero-order chi connectivity index (χ0) is 12.3. The van der Waals surface area contributed by atoms with Crippen LogP contribution in [0, 0.1) is 6.92 Å². The van der Waals surface area contributed by atoms with Gasteiger partial charge in [-0.25, -0.2) is 0 Å². The van der Waals surface area contributed by atoms with Crippen LogP contribution < -0.4 is 0 Å². The number of alkyl halides is 1. The first-order valence-corrected chi connectivity index (χ1v) is 6.64. The van der Waals surface area contributed by atoms with E-state index in [1.807, 2.05) is 4.90 Å². The molecule has 1 aliphatic heterocycles. The number of carbonyl (C=O) groups excluding carboxylic acids is 1. The maximum Gasteiger partial charge on any atom is 0.237 e. The topological polar surface area (TPSA) is 20.3 Å². The van der Waals surface area contributed by atoms with Crippen LogP contribution in [-0.4, -0.2) is 29.8 Å². The van der Waals surface area contributed by atoms with Crippen molar-refractivity contribution in [2.45, 2.75) is 25.7 Å². The standard InChI is InChI=1S/C14H18ClNO/c1-11-2-4-12(5-3-11)13-6-8-16(9-7-13)14(17)10-15/h2-5,13H,6-10H2,1H3. The first-order chi connectivity index (χ1) is 8.20.